The number of nitrogen functional groups attached to an aromatic ring is 1. The van der Waals surface area contributed by atoms with Crippen LogP contribution in [0.15, 0.2) is 47.8 Å². The van der Waals surface area contributed by atoms with Crippen LogP contribution in [0.1, 0.15) is 5.56 Å². The molecular weight excluding hydrogens is 202 g/mol. The van der Waals surface area contributed by atoms with E-state index in [9.17, 15) is 4.79 Å². The van der Waals surface area contributed by atoms with Crippen molar-refractivity contribution in [2.75, 3.05) is 5.73 Å². The Bertz CT molecular complexity index is 519. The fourth-order valence-electron chi connectivity index (χ4n) is 1.49. The highest BCUT2D eigenvalue weighted by molar-refractivity contribution is 5.33. The Morgan fingerprint density at radius 1 is 1.38 bits per heavy atom. The van der Waals surface area contributed by atoms with Gasteiger partial charge in [0.05, 0.1) is 5.69 Å². The van der Waals surface area contributed by atoms with E-state index in [2.05, 4.69) is 4.98 Å². The van der Waals surface area contributed by atoms with Crippen LogP contribution in [0.5, 0.6) is 0 Å². The maximum Gasteiger partial charge on any atom is 0.204 e. The van der Waals surface area contributed by atoms with E-state index < -0.39 is 0 Å². The first kappa shape index (κ1) is 10.4. The van der Waals surface area contributed by atoms with Gasteiger partial charge in [-0.2, -0.15) is 0 Å². The van der Waals surface area contributed by atoms with Crippen molar-refractivity contribution in [3.05, 3.63) is 58.8 Å². The van der Waals surface area contributed by atoms with Gasteiger partial charge >= 0.3 is 0 Å². The van der Waals surface area contributed by atoms with Gasteiger partial charge in [-0.15, -0.1) is 0 Å². The van der Waals surface area contributed by atoms with Crippen molar-refractivity contribution in [3.8, 4) is 0 Å². The van der Waals surface area contributed by atoms with Gasteiger partial charge in [0.25, 0.3) is 0 Å². The lowest BCUT2D eigenvalue weighted by Gasteiger charge is -2.06. The molecule has 2 rings (SSSR count). The maximum absolute atomic E-state index is 11.1. The summed E-state index contributed by atoms with van der Waals surface area (Å²) in [6.07, 6.45) is 7.87. The molecule has 0 spiro atoms. The summed E-state index contributed by atoms with van der Waals surface area (Å²) in [5, 5.41) is 0. The Morgan fingerprint density at radius 2 is 2.25 bits per heavy atom. The van der Waals surface area contributed by atoms with E-state index in [4.69, 9.17) is 5.73 Å². The minimum Gasteiger partial charge on any atom is -0.394 e. The minimum atomic E-state index is -0.127. The van der Waals surface area contributed by atoms with E-state index >= 15 is 0 Å². The zero-order valence-electron chi connectivity index (χ0n) is 8.84. The first-order valence-corrected chi connectivity index (χ1v) is 5.10. The molecule has 0 fully saturated rings. The fraction of sp³-hybridized carbons (Fsp3) is 0.167. The second-order valence-electron chi connectivity index (χ2n) is 3.61. The zero-order valence-corrected chi connectivity index (χ0v) is 8.84. The molecule has 82 valence electrons. The van der Waals surface area contributed by atoms with E-state index in [1.54, 1.807) is 18.6 Å². The number of rotatable bonds is 3. The molecular formula is C12H13N3O. The third-order valence-corrected chi connectivity index (χ3v) is 2.39. The number of hydrogen-bond acceptors (Lipinski definition) is 3. The molecule has 0 radical (unpaired) electrons. The summed E-state index contributed by atoms with van der Waals surface area (Å²) >= 11 is 0. The summed E-state index contributed by atoms with van der Waals surface area (Å²) in [4.78, 5) is 15.1. The second kappa shape index (κ2) is 4.61. The van der Waals surface area contributed by atoms with Crippen LogP contribution in [0.4, 0.5) is 5.69 Å². The Balaban J connectivity index is 2.05. The van der Waals surface area contributed by atoms with Crippen molar-refractivity contribution in [2.24, 2.45) is 0 Å². The van der Waals surface area contributed by atoms with Crippen molar-refractivity contribution in [2.45, 2.75) is 13.0 Å². The average Bonchev–Trinajstić information content (AvgIpc) is 2.32. The lowest BCUT2D eigenvalue weighted by molar-refractivity contribution is 0.690. The van der Waals surface area contributed by atoms with Gasteiger partial charge in [0.15, 0.2) is 0 Å². The van der Waals surface area contributed by atoms with Crippen molar-refractivity contribution in [1.29, 1.82) is 0 Å². The molecule has 0 unspecified atom stereocenters. The van der Waals surface area contributed by atoms with Gasteiger partial charge in [-0.3, -0.25) is 9.78 Å². The normalized spacial score (nSPS) is 10.2. The maximum atomic E-state index is 11.1. The molecule has 0 aliphatic carbocycles. The smallest absolute Gasteiger partial charge is 0.204 e. The number of pyridine rings is 2. The molecule has 0 saturated heterocycles. The highest BCUT2D eigenvalue weighted by atomic mass is 16.1. The number of nitrogens with zero attached hydrogens (tertiary/aromatic N) is 2. The number of hydrogen-bond donors (Lipinski definition) is 1. The summed E-state index contributed by atoms with van der Waals surface area (Å²) in [7, 11) is 0. The molecule has 4 nitrogen and oxygen atoms in total. The monoisotopic (exact) mass is 215 g/mol. The van der Waals surface area contributed by atoms with Crippen molar-refractivity contribution >= 4 is 5.69 Å². The second-order valence-corrected chi connectivity index (χ2v) is 3.61. The number of aryl methyl sites for hydroxylation is 2. The molecule has 0 saturated carbocycles. The van der Waals surface area contributed by atoms with E-state index in [0.29, 0.717) is 0 Å². The standard InChI is InChI=1S/C12H13N3O/c13-11-9-15(7-4-12(11)16)6-3-10-2-1-5-14-8-10/h1-2,4-5,7-9H,3,6,13H2. The van der Waals surface area contributed by atoms with Crippen LogP contribution in [0, 0.1) is 0 Å². The highest BCUT2D eigenvalue weighted by Gasteiger charge is 1.96. The van der Waals surface area contributed by atoms with Gasteiger partial charge < -0.3 is 10.3 Å². The largest absolute Gasteiger partial charge is 0.394 e. The minimum absolute atomic E-state index is 0.127. The Morgan fingerprint density at radius 3 is 2.94 bits per heavy atom. The van der Waals surface area contributed by atoms with Crippen LogP contribution in [-0.2, 0) is 13.0 Å². The zero-order chi connectivity index (χ0) is 11.4. The van der Waals surface area contributed by atoms with E-state index in [-0.39, 0.29) is 11.1 Å². The predicted octanol–water partition coefficient (Wildman–Crippen LogP) is 1.07. The van der Waals surface area contributed by atoms with E-state index in [1.807, 2.05) is 22.9 Å². The number of nitrogens with two attached hydrogens (primary N) is 1. The molecule has 2 N–H and O–H groups in total. The van der Waals surface area contributed by atoms with Crippen LogP contribution in [0.3, 0.4) is 0 Å². The lowest BCUT2D eigenvalue weighted by atomic mass is 10.2. The Labute approximate surface area is 93.4 Å². The highest BCUT2D eigenvalue weighted by Crippen LogP contribution is 2.00. The molecule has 2 heterocycles. The van der Waals surface area contributed by atoms with Gasteiger partial charge in [0, 0.05) is 37.4 Å². The molecule has 0 aliphatic rings. The Hall–Kier alpha value is -2.10. The van der Waals surface area contributed by atoms with Gasteiger partial charge in [-0.05, 0) is 18.1 Å². The SMILES string of the molecule is Nc1cn(CCc2cccnc2)ccc1=O. The van der Waals surface area contributed by atoms with E-state index in [0.717, 1.165) is 13.0 Å². The summed E-state index contributed by atoms with van der Waals surface area (Å²) in [6, 6.07) is 5.42. The average molecular weight is 215 g/mol. The Kier molecular flexibility index (Phi) is 3.00. The third kappa shape index (κ3) is 2.48. The molecule has 0 amide bonds. The fourth-order valence-corrected chi connectivity index (χ4v) is 1.49. The molecule has 0 atom stereocenters. The summed E-state index contributed by atoms with van der Waals surface area (Å²) in [5.41, 5.74) is 6.87. The molecule has 2 aromatic heterocycles. The van der Waals surface area contributed by atoms with Crippen molar-refractivity contribution in [1.82, 2.24) is 9.55 Å². The summed E-state index contributed by atoms with van der Waals surface area (Å²) in [6.45, 7) is 0.788. The molecule has 0 aromatic carbocycles. The first-order chi connectivity index (χ1) is 7.75. The third-order valence-electron chi connectivity index (χ3n) is 2.39. The van der Waals surface area contributed by atoms with Crippen molar-refractivity contribution < 1.29 is 0 Å². The summed E-state index contributed by atoms with van der Waals surface area (Å²) < 4.78 is 1.91. The topological polar surface area (TPSA) is 60.9 Å². The number of aromatic nitrogens is 2. The van der Waals surface area contributed by atoms with Crippen LogP contribution >= 0.6 is 0 Å². The first-order valence-electron chi connectivity index (χ1n) is 5.10. The molecule has 2 aromatic rings. The number of anilines is 1. The quantitative estimate of drug-likeness (QED) is 0.833. The lowest BCUT2D eigenvalue weighted by Crippen LogP contribution is -2.11. The van der Waals surface area contributed by atoms with Crippen molar-refractivity contribution in [3.63, 3.8) is 0 Å². The van der Waals surface area contributed by atoms with Gasteiger partial charge in [0.1, 0.15) is 0 Å². The molecule has 0 aliphatic heterocycles. The van der Waals surface area contributed by atoms with Gasteiger partial charge in [0.2, 0.25) is 5.43 Å². The molecule has 4 heteroatoms. The summed E-state index contributed by atoms with van der Waals surface area (Å²) in [5.74, 6) is 0. The van der Waals surface area contributed by atoms with Crippen LogP contribution < -0.4 is 11.2 Å². The predicted molar refractivity (Wildman–Crippen MR) is 63.1 cm³/mol. The van der Waals surface area contributed by atoms with Crippen LogP contribution in [-0.4, -0.2) is 9.55 Å². The van der Waals surface area contributed by atoms with Crippen LogP contribution in [0.25, 0.3) is 0 Å². The molecule has 16 heavy (non-hydrogen) atoms. The molecule has 0 bridgehead atoms. The van der Waals surface area contributed by atoms with Gasteiger partial charge in [-0.25, -0.2) is 0 Å². The van der Waals surface area contributed by atoms with Crippen LogP contribution in [0.2, 0.25) is 0 Å². The van der Waals surface area contributed by atoms with E-state index in [1.165, 1.54) is 11.6 Å². The van der Waals surface area contributed by atoms with Gasteiger partial charge in [-0.1, -0.05) is 6.07 Å².